The van der Waals surface area contributed by atoms with E-state index in [0.717, 1.165) is 6.34 Å². The Labute approximate surface area is 162 Å². The van der Waals surface area contributed by atoms with Crippen LogP contribution in [-0.4, -0.2) is 55.6 Å². The summed E-state index contributed by atoms with van der Waals surface area (Å²) in [7, 11) is -0.499. The van der Waals surface area contributed by atoms with Crippen LogP contribution in [0.15, 0.2) is 28.4 Å². The van der Waals surface area contributed by atoms with Gasteiger partial charge in [0.25, 0.3) is 0 Å². The number of aromatic nitrogens is 1. The highest BCUT2D eigenvalue weighted by Crippen LogP contribution is 2.37. The first kappa shape index (κ1) is 22.7. The molecule has 0 fully saturated rings. The molecule has 0 spiro atoms. The third-order valence-corrected chi connectivity index (χ3v) is 8.71. The predicted octanol–water partition coefficient (Wildman–Crippen LogP) is 2.65. The van der Waals surface area contributed by atoms with Crippen molar-refractivity contribution in [3.63, 3.8) is 0 Å². The van der Waals surface area contributed by atoms with Gasteiger partial charge in [-0.2, -0.15) is 10.5 Å². The second-order valence-corrected chi connectivity index (χ2v) is 12.4. The average molecular weight is 393 g/mol. The van der Waals surface area contributed by atoms with Gasteiger partial charge in [0.15, 0.2) is 5.84 Å². The lowest BCUT2D eigenvalue weighted by molar-refractivity contribution is 0.0817. The Hall–Kier alpha value is -2.30. The van der Waals surface area contributed by atoms with Crippen LogP contribution in [0.25, 0.3) is 0 Å². The summed E-state index contributed by atoms with van der Waals surface area (Å²) in [5.41, 5.74) is 9.69. The lowest BCUT2D eigenvalue weighted by atomic mass is 10.2. The maximum atomic E-state index is 7.91. The summed E-state index contributed by atoms with van der Waals surface area (Å²) in [6.07, 6.45) is 2.34. The van der Waals surface area contributed by atoms with E-state index in [1.807, 2.05) is 6.92 Å². The van der Waals surface area contributed by atoms with Gasteiger partial charge in [-0.25, -0.2) is 20.2 Å². The molecular formula is C17H32N8OSi. The molecule has 0 unspecified atom stereocenters. The van der Waals surface area contributed by atoms with Crippen molar-refractivity contribution in [2.45, 2.75) is 52.0 Å². The van der Waals surface area contributed by atoms with Crippen molar-refractivity contribution in [2.24, 2.45) is 10.1 Å². The lowest BCUT2D eigenvalue weighted by Gasteiger charge is -2.39. The Bertz CT molecular complexity index is 686. The van der Waals surface area contributed by atoms with E-state index in [1.54, 1.807) is 25.4 Å². The maximum Gasteiger partial charge on any atom is 0.229 e. The first-order chi connectivity index (χ1) is 12.4. The van der Waals surface area contributed by atoms with Crippen LogP contribution in [0.3, 0.4) is 0 Å². The Balaban J connectivity index is 3.37. The van der Waals surface area contributed by atoms with E-state index in [2.05, 4.69) is 61.1 Å². The average Bonchev–Trinajstić information content (AvgIpc) is 2.57. The van der Waals surface area contributed by atoms with Crippen LogP contribution in [0.2, 0.25) is 18.1 Å². The standard InChI is InChI=1S/C17H32N8OSi/c1-13(23-24(6)20-5)22-16(14-10-9-11-21-15(14)19)25(12-18)26-27(7,8)17(2,3)4/h9-13,18,23H,5H2,1-4,6-8H3,(H2,19,21)/t13-/m0/s1. The van der Waals surface area contributed by atoms with Crippen molar-refractivity contribution in [1.82, 2.24) is 20.6 Å². The second-order valence-electron chi connectivity index (χ2n) is 7.67. The van der Waals surface area contributed by atoms with Crippen molar-refractivity contribution in [2.75, 3.05) is 12.8 Å². The van der Waals surface area contributed by atoms with Crippen LogP contribution in [0.5, 0.6) is 0 Å². The smallest absolute Gasteiger partial charge is 0.229 e. The molecule has 9 nitrogen and oxygen atoms in total. The quantitative estimate of drug-likeness (QED) is 0.271. The van der Waals surface area contributed by atoms with E-state index in [-0.39, 0.29) is 11.2 Å². The number of anilines is 1. The summed E-state index contributed by atoms with van der Waals surface area (Å²) in [5.74, 6) is 0.710. The highest BCUT2D eigenvalue weighted by molar-refractivity contribution is 6.74. The van der Waals surface area contributed by atoms with Gasteiger partial charge in [0.05, 0.1) is 5.56 Å². The number of hydroxylamine groups is 2. The molecule has 1 heterocycles. The minimum absolute atomic E-state index is 0.0449. The molecule has 0 aliphatic heterocycles. The number of aliphatic imine (C=N–C) groups is 1. The van der Waals surface area contributed by atoms with E-state index in [0.29, 0.717) is 17.2 Å². The number of hydrazone groups is 1. The molecule has 1 rings (SSSR count). The molecule has 0 aromatic carbocycles. The molecule has 1 atom stereocenters. The molecule has 1 aromatic heterocycles. The van der Waals surface area contributed by atoms with Crippen LogP contribution in [0, 0.1) is 5.41 Å². The van der Waals surface area contributed by atoms with Crippen molar-refractivity contribution < 1.29 is 4.53 Å². The number of nitrogens with one attached hydrogen (secondary N) is 2. The van der Waals surface area contributed by atoms with E-state index in [1.165, 1.54) is 10.2 Å². The van der Waals surface area contributed by atoms with Gasteiger partial charge in [-0.1, -0.05) is 20.8 Å². The molecule has 0 bridgehead atoms. The molecule has 0 saturated carbocycles. The fraction of sp³-hybridized carbons (Fsp3) is 0.529. The minimum atomic E-state index is -2.22. The number of nitrogen functional groups attached to an aromatic ring is 1. The van der Waals surface area contributed by atoms with Gasteiger partial charge in [0.2, 0.25) is 8.32 Å². The Morgan fingerprint density at radius 3 is 2.59 bits per heavy atom. The van der Waals surface area contributed by atoms with Crippen molar-refractivity contribution in [3.8, 4) is 0 Å². The first-order valence-electron chi connectivity index (χ1n) is 8.67. The Morgan fingerprint density at radius 2 is 2.11 bits per heavy atom. The topological polar surface area (TPSA) is 115 Å². The molecule has 150 valence electrons. The Morgan fingerprint density at radius 1 is 1.48 bits per heavy atom. The third kappa shape index (κ3) is 6.12. The summed E-state index contributed by atoms with van der Waals surface area (Å²) >= 11 is 0. The summed E-state index contributed by atoms with van der Waals surface area (Å²) in [6.45, 7) is 15.9. The van der Waals surface area contributed by atoms with E-state index >= 15 is 0 Å². The number of hydrazine groups is 1. The Kier molecular flexibility index (Phi) is 7.63. The predicted molar refractivity (Wildman–Crippen MR) is 114 cm³/mol. The van der Waals surface area contributed by atoms with Gasteiger partial charge in [0.1, 0.15) is 18.3 Å². The number of pyridine rings is 1. The van der Waals surface area contributed by atoms with E-state index < -0.39 is 8.32 Å². The molecular weight excluding hydrogens is 360 g/mol. The zero-order chi connectivity index (χ0) is 20.8. The molecule has 0 amide bonds. The summed E-state index contributed by atoms with van der Waals surface area (Å²) in [4.78, 5) is 8.80. The number of nitrogens with zero attached hydrogens (tertiary/aromatic N) is 5. The SMILES string of the molecule is C=NN(C)N[C@@H](C)N=C(c1cccnc1N)N(C=N)O[Si](C)(C)C(C)(C)C. The number of hydrogen-bond acceptors (Lipinski definition) is 8. The molecule has 1 aromatic rings. The fourth-order valence-corrected chi connectivity index (χ4v) is 2.79. The lowest BCUT2D eigenvalue weighted by Crippen LogP contribution is -2.49. The largest absolute Gasteiger partial charge is 0.383 e. The van der Waals surface area contributed by atoms with Crippen LogP contribution in [0.1, 0.15) is 33.3 Å². The minimum Gasteiger partial charge on any atom is -0.383 e. The highest BCUT2D eigenvalue weighted by atomic mass is 28.4. The second kappa shape index (κ2) is 9.06. The molecule has 0 aliphatic carbocycles. The molecule has 0 aliphatic rings. The van der Waals surface area contributed by atoms with Gasteiger partial charge >= 0.3 is 0 Å². The van der Waals surface area contributed by atoms with Crippen LogP contribution >= 0.6 is 0 Å². The van der Waals surface area contributed by atoms with Gasteiger partial charge < -0.3 is 10.3 Å². The number of rotatable bonds is 8. The van der Waals surface area contributed by atoms with Crippen molar-refractivity contribution in [3.05, 3.63) is 23.9 Å². The van der Waals surface area contributed by atoms with Crippen LogP contribution in [-0.2, 0) is 4.53 Å². The van der Waals surface area contributed by atoms with Gasteiger partial charge in [-0.15, -0.1) is 0 Å². The van der Waals surface area contributed by atoms with Gasteiger partial charge in [-0.05, 0) is 37.2 Å². The zero-order valence-electron chi connectivity index (χ0n) is 17.3. The van der Waals surface area contributed by atoms with Gasteiger partial charge in [-0.3, -0.25) is 5.41 Å². The summed E-state index contributed by atoms with van der Waals surface area (Å²) < 4.78 is 6.29. The number of amidine groups is 1. The van der Waals surface area contributed by atoms with E-state index in [9.17, 15) is 0 Å². The first-order valence-corrected chi connectivity index (χ1v) is 11.6. The summed E-state index contributed by atoms with van der Waals surface area (Å²) in [5, 5.41) is 14.5. The molecule has 0 radical (unpaired) electrons. The monoisotopic (exact) mass is 392 g/mol. The normalized spacial score (nSPS) is 13.8. The number of hydrogen-bond donors (Lipinski definition) is 3. The molecule has 10 heteroatoms. The van der Waals surface area contributed by atoms with E-state index in [4.69, 9.17) is 15.7 Å². The third-order valence-electron chi connectivity index (χ3n) is 4.44. The molecule has 0 saturated heterocycles. The maximum absolute atomic E-state index is 7.91. The highest BCUT2D eigenvalue weighted by Gasteiger charge is 2.40. The van der Waals surface area contributed by atoms with Crippen molar-refractivity contribution >= 4 is 33.0 Å². The number of nitrogens with two attached hydrogens (primary N) is 1. The summed E-state index contributed by atoms with van der Waals surface area (Å²) in [6, 6.07) is 3.57. The molecule has 27 heavy (non-hydrogen) atoms. The van der Waals surface area contributed by atoms with Gasteiger partial charge in [0, 0.05) is 20.0 Å². The van der Waals surface area contributed by atoms with Crippen molar-refractivity contribution in [1.29, 1.82) is 5.41 Å². The van der Waals surface area contributed by atoms with Crippen LogP contribution < -0.4 is 11.2 Å². The fourth-order valence-electron chi connectivity index (χ4n) is 1.89. The molecule has 4 N–H and O–H groups in total. The van der Waals surface area contributed by atoms with Crippen LogP contribution in [0.4, 0.5) is 5.82 Å². The zero-order valence-corrected chi connectivity index (χ0v) is 18.3.